The van der Waals surface area contributed by atoms with Crippen molar-refractivity contribution in [1.82, 2.24) is 24.5 Å². The normalized spacial score (nSPS) is 11.7. The maximum absolute atomic E-state index is 11.4. The van der Waals surface area contributed by atoms with Gasteiger partial charge in [-0.1, -0.05) is 0 Å². The van der Waals surface area contributed by atoms with E-state index < -0.39 is 5.41 Å². The molecule has 0 spiro atoms. The summed E-state index contributed by atoms with van der Waals surface area (Å²) in [6.45, 7) is 8.07. The quantitative estimate of drug-likeness (QED) is 0.585. The fourth-order valence-electron chi connectivity index (χ4n) is 2.44. The van der Waals surface area contributed by atoms with Gasteiger partial charge in [0.15, 0.2) is 0 Å². The fraction of sp³-hybridized carbons (Fsp3) is 0.389. The van der Waals surface area contributed by atoms with Crippen molar-refractivity contribution in [2.75, 3.05) is 17.2 Å². The number of imidazole rings is 1. The van der Waals surface area contributed by atoms with Crippen LogP contribution in [-0.4, -0.2) is 37.0 Å². The van der Waals surface area contributed by atoms with E-state index in [0.29, 0.717) is 30.2 Å². The Kier molecular flexibility index (Phi) is 4.93. The van der Waals surface area contributed by atoms with Crippen LogP contribution < -0.4 is 16.4 Å². The summed E-state index contributed by atoms with van der Waals surface area (Å²) in [6.07, 6.45) is 5.17. The molecule has 0 aliphatic carbocycles. The van der Waals surface area contributed by atoms with Crippen molar-refractivity contribution in [3.8, 4) is 0 Å². The third-order valence-corrected chi connectivity index (χ3v) is 4.28. The largest absolute Gasteiger partial charge is 0.369 e. The number of hydrogen-bond donors (Lipinski definition) is 3. The van der Waals surface area contributed by atoms with Gasteiger partial charge >= 0.3 is 0 Å². The van der Waals surface area contributed by atoms with Crippen molar-refractivity contribution < 1.29 is 4.79 Å². The average molecular weight is 368 g/mol. The molecule has 3 rings (SSSR count). The highest BCUT2D eigenvalue weighted by Gasteiger charge is 2.24. The van der Waals surface area contributed by atoms with Gasteiger partial charge in [-0.3, -0.25) is 4.79 Å². The molecule has 0 saturated heterocycles. The van der Waals surface area contributed by atoms with Crippen LogP contribution in [0.25, 0.3) is 11.0 Å². The Morgan fingerprint density at radius 3 is 2.74 bits per heavy atom. The lowest BCUT2D eigenvalue weighted by atomic mass is 9.93. The summed E-state index contributed by atoms with van der Waals surface area (Å²) >= 11 is 0. The Hall–Kier alpha value is -3.23. The predicted molar refractivity (Wildman–Crippen MR) is 105 cm³/mol. The molecule has 0 fully saturated rings. The number of nitrogens with two attached hydrogens (primary N) is 1. The van der Waals surface area contributed by atoms with Gasteiger partial charge in [0, 0.05) is 24.8 Å². The molecule has 1 amide bonds. The van der Waals surface area contributed by atoms with Crippen molar-refractivity contribution in [3.05, 3.63) is 30.9 Å². The number of rotatable bonds is 7. The van der Waals surface area contributed by atoms with Crippen molar-refractivity contribution in [1.29, 1.82) is 0 Å². The first-order valence-electron chi connectivity index (χ1n) is 8.73. The van der Waals surface area contributed by atoms with Crippen LogP contribution in [0.2, 0.25) is 0 Å². The molecule has 4 N–H and O–H groups in total. The van der Waals surface area contributed by atoms with Crippen molar-refractivity contribution in [3.63, 3.8) is 0 Å². The number of fused-ring (bicyclic) bond motifs is 1. The third-order valence-electron chi connectivity index (χ3n) is 4.28. The van der Waals surface area contributed by atoms with E-state index in [4.69, 9.17) is 5.73 Å². The van der Waals surface area contributed by atoms with Gasteiger partial charge in [-0.25, -0.2) is 15.0 Å². The molecule has 0 unspecified atom stereocenters. The minimum Gasteiger partial charge on any atom is -0.369 e. The third kappa shape index (κ3) is 4.13. The molecule has 3 heterocycles. The summed E-state index contributed by atoms with van der Waals surface area (Å²) in [5.74, 6) is 1.27. The highest BCUT2D eigenvalue weighted by molar-refractivity contribution is 5.80. The first-order chi connectivity index (χ1) is 12.8. The van der Waals surface area contributed by atoms with E-state index in [0.717, 1.165) is 11.0 Å². The number of anilines is 3. The molecular weight excluding hydrogens is 344 g/mol. The molecular formula is C18H24N8O. The number of carbonyl (C=O) groups excluding carboxylic acids is 1. The van der Waals surface area contributed by atoms with E-state index in [1.54, 1.807) is 32.3 Å². The van der Waals surface area contributed by atoms with Gasteiger partial charge < -0.3 is 20.9 Å². The fourth-order valence-corrected chi connectivity index (χ4v) is 2.44. The van der Waals surface area contributed by atoms with E-state index in [1.807, 2.05) is 12.4 Å². The second-order valence-corrected chi connectivity index (χ2v) is 7.30. The van der Waals surface area contributed by atoms with Crippen LogP contribution in [0.4, 0.5) is 17.6 Å². The first-order valence-corrected chi connectivity index (χ1v) is 8.73. The lowest BCUT2D eigenvalue weighted by Crippen LogP contribution is -2.37. The van der Waals surface area contributed by atoms with Crippen molar-refractivity contribution in [2.45, 2.75) is 33.7 Å². The molecule has 142 valence electrons. The number of nitrogens with one attached hydrogen (secondary N) is 2. The molecule has 0 aliphatic rings. The van der Waals surface area contributed by atoms with Crippen LogP contribution in [-0.2, 0) is 4.79 Å². The van der Waals surface area contributed by atoms with E-state index in [-0.39, 0.29) is 5.91 Å². The van der Waals surface area contributed by atoms with Gasteiger partial charge in [0.1, 0.15) is 17.2 Å². The predicted octanol–water partition coefficient (Wildman–Crippen LogP) is 2.47. The van der Waals surface area contributed by atoms with E-state index >= 15 is 0 Å². The monoisotopic (exact) mass is 368 g/mol. The van der Waals surface area contributed by atoms with Crippen molar-refractivity contribution in [2.24, 2.45) is 11.1 Å². The van der Waals surface area contributed by atoms with Crippen molar-refractivity contribution >= 4 is 34.5 Å². The van der Waals surface area contributed by atoms with Gasteiger partial charge in [0.05, 0.1) is 23.5 Å². The molecule has 0 aliphatic heterocycles. The van der Waals surface area contributed by atoms with Gasteiger partial charge in [-0.05, 0) is 33.8 Å². The lowest BCUT2D eigenvalue weighted by molar-refractivity contribution is -0.125. The van der Waals surface area contributed by atoms with Crippen LogP contribution in [0.15, 0.2) is 30.9 Å². The SMILES string of the molecule is CC(C)n1cnc2cnc(Nc3ccnc(NCC(C)(C)C(N)=O)n3)cc21. The minimum absolute atomic E-state index is 0.300. The summed E-state index contributed by atoms with van der Waals surface area (Å²) < 4.78 is 2.08. The van der Waals surface area contributed by atoms with Crippen LogP contribution in [0.1, 0.15) is 33.7 Å². The smallest absolute Gasteiger partial charge is 0.224 e. The molecule has 9 nitrogen and oxygen atoms in total. The summed E-state index contributed by atoms with van der Waals surface area (Å²) in [5.41, 5.74) is 6.53. The summed E-state index contributed by atoms with van der Waals surface area (Å²) in [5, 5.41) is 6.22. The Bertz CT molecular complexity index is 963. The Balaban J connectivity index is 1.77. The summed E-state index contributed by atoms with van der Waals surface area (Å²) in [4.78, 5) is 28.8. The molecule has 3 aromatic rings. The lowest BCUT2D eigenvalue weighted by Gasteiger charge is -2.20. The maximum atomic E-state index is 11.4. The van der Waals surface area contributed by atoms with E-state index in [2.05, 4.69) is 49.0 Å². The molecule has 0 radical (unpaired) electrons. The Morgan fingerprint density at radius 1 is 1.26 bits per heavy atom. The Morgan fingerprint density at radius 2 is 2.04 bits per heavy atom. The van der Waals surface area contributed by atoms with Gasteiger partial charge in [0.25, 0.3) is 0 Å². The summed E-state index contributed by atoms with van der Waals surface area (Å²) in [6, 6.07) is 3.98. The Labute approximate surface area is 157 Å². The van der Waals surface area contributed by atoms with Gasteiger partial charge in [0.2, 0.25) is 11.9 Å². The molecule has 0 saturated carbocycles. The number of amides is 1. The standard InChI is InChI=1S/C18H24N8O/c1-11(2)26-10-23-12-8-21-15(7-13(12)26)24-14-5-6-20-17(25-14)22-9-18(3,4)16(19)27/h5-8,10-11H,9H2,1-4H3,(H2,19,27)(H2,20,21,22,24,25). The molecule has 0 aromatic carbocycles. The van der Waals surface area contributed by atoms with Gasteiger partial charge in [-0.2, -0.15) is 4.98 Å². The number of nitrogens with zero attached hydrogens (tertiary/aromatic N) is 5. The number of carbonyl (C=O) groups is 1. The number of primary amides is 1. The first kappa shape index (κ1) is 18.6. The molecule has 0 bridgehead atoms. The highest BCUT2D eigenvalue weighted by Crippen LogP contribution is 2.21. The minimum atomic E-state index is -0.700. The van der Waals surface area contributed by atoms with Crippen LogP contribution in [0.3, 0.4) is 0 Å². The molecule has 9 heteroatoms. The zero-order chi connectivity index (χ0) is 19.6. The average Bonchev–Trinajstić information content (AvgIpc) is 3.04. The zero-order valence-electron chi connectivity index (χ0n) is 15.9. The number of aromatic nitrogens is 5. The molecule has 27 heavy (non-hydrogen) atoms. The second kappa shape index (κ2) is 7.18. The molecule has 0 atom stereocenters. The van der Waals surface area contributed by atoms with Gasteiger partial charge in [-0.15, -0.1) is 0 Å². The topological polar surface area (TPSA) is 124 Å². The van der Waals surface area contributed by atoms with E-state index in [1.165, 1.54) is 0 Å². The maximum Gasteiger partial charge on any atom is 0.224 e. The highest BCUT2D eigenvalue weighted by atomic mass is 16.1. The van der Waals surface area contributed by atoms with Crippen LogP contribution in [0, 0.1) is 5.41 Å². The van der Waals surface area contributed by atoms with Crippen LogP contribution in [0.5, 0.6) is 0 Å². The van der Waals surface area contributed by atoms with E-state index in [9.17, 15) is 4.79 Å². The second-order valence-electron chi connectivity index (χ2n) is 7.30. The van der Waals surface area contributed by atoms with Crippen LogP contribution >= 0.6 is 0 Å². The summed E-state index contributed by atoms with van der Waals surface area (Å²) in [7, 11) is 0. The number of pyridine rings is 1. The molecule has 3 aromatic heterocycles. The number of hydrogen-bond acceptors (Lipinski definition) is 7. The zero-order valence-corrected chi connectivity index (χ0v) is 15.9.